The van der Waals surface area contributed by atoms with Gasteiger partial charge in [0.1, 0.15) is 5.82 Å². The van der Waals surface area contributed by atoms with E-state index in [0.717, 1.165) is 16.5 Å². The molecule has 2 heterocycles. The molecule has 2 aromatic carbocycles. The van der Waals surface area contributed by atoms with Gasteiger partial charge >= 0.3 is 0 Å². The molecule has 4 rings (SSSR count). The van der Waals surface area contributed by atoms with Crippen molar-refractivity contribution in [2.24, 2.45) is 0 Å². The van der Waals surface area contributed by atoms with Gasteiger partial charge in [-0.2, -0.15) is 5.10 Å². The molecule has 3 N–H and O–H groups in total. The molecule has 7 nitrogen and oxygen atoms in total. The van der Waals surface area contributed by atoms with E-state index in [1.54, 1.807) is 18.2 Å². The largest absolute Gasteiger partial charge is 0.282 e. The number of pyridine rings is 1. The van der Waals surface area contributed by atoms with E-state index < -0.39 is 0 Å². The Balaban J connectivity index is 1.52. The molecule has 0 spiro atoms. The number of amides is 1. The first-order valence-corrected chi connectivity index (χ1v) is 8.49. The SMILES string of the molecule is Cc1cc2ccccc2nc1NNC(=O)Cc1n[nH]c(=O)c2ccccc12. The van der Waals surface area contributed by atoms with E-state index in [1.807, 2.05) is 43.3 Å². The van der Waals surface area contributed by atoms with Gasteiger partial charge in [0, 0.05) is 10.8 Å². The first-order valence-electron chi connectivity index (χ1n) is 8.49. The molecule has 134 valence electrons. The van der Waals surface area contributed by atoms with E-state index >= 15 is 0 Å². The van der Waals surface area contributed by atoms with Crippen LogP contribution < -0.4 is 16.4 Å². The van der Waals surface area contributed by atoms with Crippen molar-refractivity contribution in [3.8, 4) is 0 Å². The number of benzene rings is 2. The molecule has 4 aromatic rings. The van der Waals surface area contributed by atoms with Gasteiger partial charge < -0.3 is 0 Å². The fourth-order valence-corrected chi connectivity index (χ4v) is 2.98. The number of aromatic nitrogens is 3. The molecular weight excluding hydrogens is 342 g/mol. The van der Waals surface area contributed by atoms with Crippen LogP contribution in [0.1, 0.15) is 11.3 Å². The highest BCUT2D eigenvalue weighted by molar-refractivity contribution is 5.89. The number of aromatic amines is 1. The number of hydrogen-bond acceptors (Lipinski definition) is 5. The summed E-state index contributed by atoms with van der Waals surface area (Å²) >= 11 is 0. The lowest BCUT2D eigenvalue weighted by Crippen LogP contribution is -2.32. The number of para-hydroxylation sites is 1. The van der Waals surface area contributed by atoms with Crippen molar-refractivity contribution in [2.45, 2.75) is 13.3 Å². The predicted octanol–water partition coefficient (Wildman–Crippen LogP) is 2.47. The van der Waals surface area contributed by atoms with Crippen molar-refractivity contribution in [3.63, 3.8) is 0 Å². The van der Waals surface area contributed by atoms with E-state index in [4.69, 9.17) is 0 Å². The van der Waals surface area contributed by atoms with E-state index in [0.29, 0.717) is 22.3 Å². The van der Waals surface area contributed by atoms with Crippen molar-refractivity contribution in [1.82, 2.24) is 20.6 Å². The molecule has 1 amide bonds. The minimum atomic E-state index is -0.283. The summed E-state index contributed by atoms with van der Waals surface area (Å²) in [4.78, 5) is 28.7. The summed E-state index contributed by atoms with van der Waals surface area (Å²) in [5.41, 5.74) is 7.51. The second kappa shape index (κ2) is 6.87. The van der Waals surface area contributed by atoms with Crippen LogP contribution in [0.4, 0.5) is 5.82 Å². The van der Waals surface area contributed by atoms with Crippen LogP contribution in [0, 0.1) is 6.92 Å². The van der Waals surface area contributed by atoms with Crippen molar-refractivity contribution >= 4 is 33.4 Å². The highest BCUT2D eigenvalue weighted by Crippen LogP contribution is 2.19. The number of nitrogens with zero attached hydrogens (tertiary/aromatic N) is 2. The number of nitrogens with one attached hydrogen (secondary N) is 3. The quantitative estimate of drug-likeness (QED) is 0.486. The second-order valence-electron chi connectivity index (χ2n) is 6.24. The number of rotatable bonds is 4. The zero-order chi connectivity index (χ0) is 18.8. The van der Waals surface area contributed by atoms with Gasteiger partial charge in [0.15, 0.2) is 0 Å². The van der Waals surface area contributed by atoms with Gasteiger partial charge in [-0.3, -0.25) is 20.4 Å². The minimum absolute atomic E-state index is 0.0247. The molecule has 7 heteroatoms. The number of H-pyrrole nitrogens is 1. The van der Waals surface area contributed by atoms with Crippen LogP contribution in [0.3, 0.4) is 0 Å². The van der Waals surface area contributed by atoms with Gasteiger partial charge in [0.2, 0.25) is 5.91 Å². The lowest BCUT2D eigenvalue weighted by Gasteiger charge is -2.11. The van der Waals surface area contributed by atoms with Crippen LogP contribution in [0.25, 0.3) is 21.7 Å². The third kappa shape index (κ3) is 3.35. The molecule has 0 aliphatic carbocycles. The van der Waals surface area contributed by atoms with Crippen LogP contribution >= 0.6 is 0 Å². The summed E-state index contributed by atoms with van der Waals surface area (Å²) in [7, 11) is 0. The Bertz CT molecular complexity index is 1220. The third-order valence-electron chi connectivity index (χ3n) is 4.34. The number of hydrogen-bond donors (Lipinski definition) is 3. The number of carbonyl (C=O) groups excluding carboxylic acids is 1. The van der Waals surface area contributed by atoms with Crippen molar-refractivity contribution in [1.29, 1.82) is 0 Å². The maximum Gasteiger partial charge on any atom is 0.272 e. The standard InChI is InChI=1S/C20H17N5O2/c1-12-10-13-6-2-5-9-16(13)21-19(12)24-23-18(26)11-17-14-7-3-4-8-15(14)20(27)25-22-17/h2-10H,11H2,1H3,(H,21,24)(H,23,26)(H,25,27). The molecule has 0 radical (unpaired) electrons. The smallest absolute Gasteiger partial charge is 0.272 e. The molecule has 0 aliphatic rings. The predicted molar refractivity (Wildman–Crippen MR) is 104 cm³/mol. The summed E-state index contributed by atoms with van der Waals surface area (Å²) < 4.78 is 0. The van der Waals surface area contributed by atoms with Crippen molar-refractivity contribution in [2.75, 3.05) is 5.43 Å². The van der Waals surface area contributed by atoms with E-state index in [2.05, 4.69) is 26.0 Å². The highest BCUT2D eigenvalue weighted by Gasteiger charge is 2.11. The molecule has 0 saturated carbocycles. The Morgan fingerprint density at radius 1 is 1.07 bits per heavy atom. The molecular formula is C20H17N5O2. The number of fused-ring (bicyclic) bond motifs is 2. The Morgan fingerprint density at radius 3 is 2.67 bits per heavy atom. The van der Waals surface area contributed by atoms with Gasteiger partial charge in [-0.25, -0.2) is 10.1 Å². The summed E-state index contributed by atoms with van der Waals surface area (Å²) in [6.45, 7) is 1.92. The molecule has 0 fully saturated rings. The second-order valence-corrected chi connectivity index (χ2v) is 6.24. The number of hydrazine groups is 1. The van der Waals surface area contributed by atoms with Crippen LogP contribution in [0.5, 0.6) is 0 Å². The lowest BCUT2D eigenvalue weighted by atomic mass is 10.1. The first-order chi connectivity index (χ1) is 13.1. The summed E-state index contributed by atoms with van der Waals surface area (Å²) in [6.07, 6.45) is 0.0247. The van der Waals surface area contributed by atoms with Crippen molar-refractivity contribution < 1.29 is 4.79 Å². The van der Waals surface area contributed by atoms with Crippen LogP contribution in [-0.2, 0) is 11.2 Å². The Morgan fingerprint density at radius 2 is 1.81 bits per heavy atom. The molecule has 0 bridgehead atoms. The maximum atomic E-state index is 12.4. The molecule has 27 heavy (non-hydrogen) atoms. The minimum Gasteiger partial charge on any atom is -0.282 e. The van der Waals surface area contributed by atoms with Crippen LogP contribution in [0.15, 0.2) is 59.4 Å². The Labute approximate surface area is 154 Å². The van der Waals surface area contributed by atoms with Gasteiger partial charge in [0.05, 0.1) is 23.0 Å². The third-order valence-corrected chi connectivity index (χ3v) is 4.34. The zero-order valence-corrected chi connectivity index (χ0v) is 14.6. The summed E-state index contributed by atoms with van der Waals surface area (Å²) in [5.74, 6) is 0.301. The van der Waals surface area contributed by atoms with E-state index in [-0.39, 0.29) is 17.9 Å². The lowest BCUT2D eigenvalue weighted by molar-refractivity contribution is -0.120. The van der Waals surface area contributed by atoms with Gasteiger partial charge in [-0.15, -0.1) is 0 Å². The first kappa shape index (κ1) is 16.7. The van der Waals surface area contributed by atoms with Gasteiger partial charge in [0.25, 0.3) is 5.56 Å². The summed E-state index contributed by atoms with van der Waals surface area (Å²) in [6, 6.07) is 16.9. The molecule has 0 unspecified atom stereocenters. The zero-order valence-electron chi connectivity index (χ0n) is 14.6. The van der Waals surface area contributed by atoms with E-state index in [9.17, 15) is 9.59 Å². The fourth-order valence-electron chi connectivity index (χ4n) is 2.98. The average Bonchev–Trinajstić information content (AvgIpc) is 2.69. The fraction of sp³-hybridized carbons (Fsp3) is 0.100. The normalized spacial score (nSPS) is 10.9. The number of carbonyl (C=O) groups is 1. The Kier molecular flexibility index (Phi) is 4.25. The topological polar surface area (TPSA) is 99.8 Å². The monoisotopic (exact) mass is 359 g/mol. The Hall–Kier alpha value is -3.74. The molecule has 0 atom stereocenters. The molecule has 0 aliphatic heterocycles. The summed E-state index contributed by atoms with van der Waals surface area (Å²) in [5, 5.41) is 8.66. The van der Waals surface area contributed by atoms with Gasteiger partial charge in [-0.1, -0.05) is 36.4 Å². The average molecular weight is 359 g/mol. The molecule has 2 aromatic heterocycles. The van der Waals surface area contributed by atoms with E-state index in [1.165, 1.54) is 0 Å². The maximum absolute atomic E-state index is 12.4. The van der Waals surface area contributed by atoms with Crippen LogP contribution in [0.2, 0.25) is 0 Å². The highest BCUT2D eigenvalue weighted by atomic mass is 16.2. The van der Waals surface area contributed by atoms with Crippen LogP contribution in [-0.4, -0.2) is 21.1 Å². The number of anilines is 1. The van der Waals surface area contributed by atoms with Crippen molar-refractivity contribution in [3.05, 3.63) is 76.2 Å². The van der Waals surface area contributed by atoms with Gasteiger partial charge in [-0.05, 0) is 30.7 Å². The number of aryl methyl sites for hydroxylation is 1. The molecule has 0 saturated heterocycles.